The van der Waals surface area contributed by atoms with Gasteiger partial charge in [-0.1, -0.05) is 29.8 Å². The summed E-state index contributed by atoms with van der Waals surface area (Å²) in [6.45, 7) is 11.5. The largest absolute Gasteiger partial charge is 0.362 e. The van der Waals surface area contributed by atoms with Crippen molar-refractivity contribution in [1.29, 1.82) is 0 Å². The zero-order chi connectivity index (χ0) is 17.0. The number of benzene rings is 2. The van der Waals surface area contributed by atoms with Crippen LogP contribution in [0.4, 0.5) is 5.69 Å². The van der Waals surface area contributed by atoms with Gasteiger partial charge >= 0.3 is 0 Å². The molecule has 0 atom stereocenters. The molecule has 2 rings (SSSR count). The number of hydrogen-bond acceptors (Lipinski definition) is 1. The van der Waals surface area contributed by atoms with Crippen LogP contribution in [0.1, 0.15) is 33.4 Å². The second-order valence-corrected chi connectivity index (χ2v) is 6.72. The highest BCUT2D eigenvalue weighted by Gasteiger charge is 2.04. The molecule has 0 amide bonds. The highest BCUT2D eigenvalue weighted by Crippen LogP contribution is 2.19. The molecule has 0 saturated heterocycles. The summed E-state index contributed by atoms with van der Waals surface area (Å²) in [7, 11) is 0. The standard InChI is InChI=1S/C20H26N2S/c1-13-6-7-18(16(4)10-13)8-9-21-20(23)22-19-12-15(3)14(2)11-17(19)5/h6-7,10-12H,8-9H2,1-5H3,(H2,21,22,23). The molecule has 0 unspecified atom stereocenters. The molecule has 2 N–H and O–H groups in total. The Morgan fingerprint density at radius 2 is 1.57 bits per heavy atom. The van der Waals surface area contributed by atoms with Crippen molar-refractivity contribution >= 4 is 23.0 Å². The first-order valence-electron chi connectivity index (χ1n) is 8.05. The fourth-order valence-corrected chi connectivity index (χ4v) is 2.91. The fraction of sp³-hybridized carbons (Fsp3) is 0.350. The minimum absolute atomic E-state index is 0.682. The average Bonchev–Trinajstić information content (AvgIpc) is 2.47. The van der Waals surface area contributed by atoms with Gasteiger partial charge in [0.1, 0.15) is 0 Å². The maximum absolute atomic E-state index is 5.42. The normalized spacial score (nSPS) is 10.5. The molecule has 0 aliphatic rings. The van der Waals surface area contributed by atoms with Crippen molar-refractivity contribution in [2.24, 2.45) is 0 Å². The first kappa shape index (κ1) is 17.5. The average molecular weight is 327 g/mol. The Hall–Kier alpha value is -1.87. The van der Waals surface area contributed by atoms with Crippen LogP contribution in [0.5, 0.6) is 0 Å². The van der Waals surface area contributed by atoms with E-state index in [1.807, 2.05) is 0 Å². The molecular weight excluding hydrogens is 300 g/mol. The molecule has 0 radical (unpaired) electrons. The van der Waals surface area contributed by atoms with Gasteiger partial charge in [0.25, 0.3) is 0 Å². The van der Waals surface area contributed by atoms with Crippen LogP contribution in [0.25, 0.3) is 0 Å². The summed E-state index contributed by atoms with van der Waals surface area (Å²) in [6, 6.07) is 10.9. The lowest BCUT2D eigenvalue weighted by atomic mass is 10.0. The van der Waals surface area contributed by atoms with Crippen molar-refractivity contribution < 1.29 is 0 Å². The van der Waals surface area contributed by atoms with Crippen LogP contribution in [0, 0.1) is 34.6 Å². The maximum atomic E-state index is 5.42. The van der Waals surface area contributed by atoms with E-state index in [2.05, 4.69) is 75.6 Å². The Kier molecular flexibility index (Phi) is 5.78. The van der Waals surface area contributed by atoms with Crippen molar-refractivity contribution in [1.82, 2.24) is 5.32 Å². The maximum Gasteiger partial charge on any atom is 0.170 e. The summed E-state index contributed by atoms with van der Waals surface area (Å²) >= 11 is 5.42. The molecule has 3 heteroatoms. The van der Waals surface area contributed by atoms with Gasteiger partial charge in [-0.3, -0.25) is 0 Å². The third kappa shape index (κ3) is 4.80. The summed E-state index contributed by atoms with van der Waals surface area (Å²) in [5.74, 6) is 0. The van der Waals surface area contributed by atoms with Crippen molar-refractivity contribution in [3.63, 3.8) is 0 Å². The van der Waals surface area contributed by atoms with Crippen LogP contribution in [0.15, 0.2) is 30.3 Å². The smallest absolute Gasteiger partial charge is 0.170 e. The van der Waals surface area contributed by atoms with Crippen molar-refractivity contribution in [2.75, 3.05) is 11.9 Å². The highest BCUT2D eigenvalue weighted by atomic mass is 32.1. The number of hydrogen-bond donors (Lipinski definition) is 2. The van der Waals surface area contributed by atoms with Crippen LogP contribution >= 0.6 is 12.2 Å². The van der Waals surface area contributed by atoms with E-state index >= 15 is 0 Å². The first-order valence-corrected chi connectivity index (χ1v) is 8.46. The minimum atomic E-state index is 0.682. The van der Waals surface area contributed by atoms with E-state index < -0.39 is 0 Å². The zero-order valence-electron chi connectivity index (χ0n) is 14.7. The van der Waals surface area contributed by atoms with Crippen LogP contribution in [0.2, 0.25) is 0 Å². The summed E-state index contributed by atoms with van der Waals surface area (Å²) in [4.78, 5) is 0. The van der Waals surface area contributed by atoms with Gasteiger partial charge < -0.3 is 10.6 Å². The van der Waals surface area contributed by atoms with Crippen molar-refractivity contribution in [3.8, 4) is 0 Å². The number of aryl methyl sites for hydroxylation is 5. The Balaban J connectivity index is 1.89. The van der Waals surface area contributed by atoms with Gasteiger partial charge in [-0.15, -0.1) is 0 Å². The van der Waals surface area contributed by atoms with E-state index in [0.29, 0.717) is 5.11 Å². The van der Waals surface area contributed by atoms with Crippen molar-refractivity contribution in [3.05, 3.63) is 63.7 Å². The molecule has 0 aliphatic heterocycles. The number of rotatable bonds is 4. The van der Waals surface area contributed by atoms with E-state index in [-0.39, 0.29) is 0 Å². The summed E-state index contributed by atoms with van der Waals surface area (Å²) in [5.41, 5.74) is 8.90. The van der Waals surface area contributed by atoms with E-state index in [1.165, 1.54) is 33.4 Å². The van der Waals surface area contributed by atoms with Gasteiger partial charge in [-0.25, -0.2) is 0 Å². The van der Waals surface area contributed by atoms with E-state index in [9.17, 15) is 0 Å². The van der Waals surface area contributed by atoms with Gasteiger partial charge in [-0.2, -0.15) is 0 Å². The molecule has 2 aromatic rings. The number of thiocarbonyl (C=S) groups is 1. The monoisotopic (exact) mass is 326 g/mol. The van der Waals surface area contributed by atoms with E-state index in [0.717, 1.165) is 18.7 Å². The van der Waals surface area contributed by atoms with Gasteiger partial charge in [0, 0.05) is 12.2 Å². The molecule has 2 aromatic carbocycles. The second kappa shape index (κ2) is 7.60. The molecule has 122 valence electrons. The molecule has 0 saturated carbocycles. The predicted octanol–water partition coefficient (Wildman–Crippen LogP) is 4.76. The zero-order valence-corrected chi connectivity index (χ0v) is 15.5. The quantitative estimate of drug-likeness (QED) is 0.792. The Labute approximate surface area is 145 Å². The SMILES string of the molecule is Cc1ccc(CCNC(=S)Nc2cc(C)c(C)cc2C)c(C)c1. The Bertz CT molecular complexity index is 720. The molecule has 2 nitrogen and oxygen atoms in total. The molecule has 23 heavy (non-hydrogen) atoms. The number of anilines is 1. The van der Waals surface area contributed by atoms with Crippen LogP contribution in [-0.2, 0) is 6.42 Å². The molecule has 0 aromatic heterocycles. The first-order chi connectivity index (χ1) is 10.9. The van der Waals surface area contributed by atoms with Crippen LogP contribution in [0.3, 0.4) is 0 Å². The summed E-state index contributed by atoms with van der Waals surface area (Å²) in [5, 5.41) is 7.29. The third-order valence-corrected chi connectivity index (χ3v) is 4.51. The lowest BCUT2D eigenvalue weighted by molar-refractivity contribution is 0.867. The minimum Gasteiger partial charge on any atom is -0.362 e. The second-order valence-electron chi connectivity index (χ2n) is 6.31. The molecule has 0 aliphatic carbocycles. The molecular formula is C20H26N2S. The molecule has 0 fully saturated rings. The molecule has 0 heterocycles. The van der Waals surface area contributed by atoms with Gasteiger partial charge in [0.15, 0.2) is 5.11 Å². The third-order valence-electron chi connectivity index (χ3n) is 4.27. The van der Waals surface area contributed by atoms with Gasteiger partial charge in [0.2, 0.25) is 0 Å². The highest BCUT2D eigenvalue weighted by molar-refractivity contribution is 7.80. The lowest BCUT2D eigenvalue weighted by Crippen LogP contribution is -2.30. The van der Waals surface area contributed by atoms with E-state index in [4.69, 9.17) is 12.2 Å². The van der Waals surface area contributed by atoms with E-state index in [1.54, 1.807) is 0 Å². The topological polar surface area (TPSA) is 24.1 Å². The van der Waals surface area contributed by atoms with Crippen LogP contribution < -0.4 is 10.6 Å². The predicted molar refractivity (Wildman–Crippen MR) is 104 cm³/mol. The molecule has 0 spiro atoms. The number of nitrogens with one attached hydrogen (secondary N) is 2. The summed E-state index contributed by atoms with van der Waals surface area (Å²) in [6.07, 6.45) is 0.972. The van der Waals surface area contributed by atoms with Crippen LogP contribution in [-0.4, -0.2) is 11.7 Å². The summed E-state index contributed by atoms with van der Waals surface area (Å²) < 4.78 is 0. The van der Waals surface area contributed by atoms with Gasteiger partial charge in [0.05, 0.1) is 0 Å². The van der Waals surface area contributed by atoms with Crippen molar-refractivity contribution in [2.45, 2.75) is 41.0 Å². The molecule has 0 bridgehead atoms. The lowest BCUT2D eigenvalue weighted by Gasteiger charge is -2.15. The Morgan fingerprint density at radius 1 is 0.870 bits per heavy atom. The fourth-order valence-electron chi connectivity index (χ4n) is 2.70. The van der Waals surface area contributed by atoms with Gasteiger partial charge in [-0.05, 0) is 87.1 Å². The Morgan fingerprint density at radius 3 is 2.26 bits per heavy atom.